The fourth-order valence-corrected chi connectivity index (χ4v) is 5.77. The first-order valence-electron chi connectivity index (χ1n) is 10.4. The minimum atomic E-state index is 0.0360. The molecule has 2 aliphatic heterocycles. The van der Waals surface area contributed by atoms with Crippen molar-refractivity contribution in [3.63, 3.8) is 0 Å². The summed E-state index contributed by atoms with van der Waals surface area (Å²) < 4.78 is 5.29. The van der Waals surface area contributed by atoms with Gasteiger partial charge < -0.3 is 9.32 Å². The molecule has 1 amide bonds. The van der Waals surface area contributed by atoms with E-state index < -0.39 is 0 Å². The first-order chi connectivity index (χ1) is 13.3. The van der Waals surface area contributed by atoms with E-state index in [9.17, 15) is 4.79 Å². The average molecular weight is 364 g/mol. The van der Waals surface area contributed by atoms with Crippen molar-refractivity contribution in [3.8, 4) is 0 Å². The second kappa shape index (κ2) is 6.83. The summed E-state index contributed by atoms with van der Waals surface area (Å²) in [6, 6.07) is 15.8. The van der Waals surface area contributed by atoms with Crippen LogP contribution in [0.5, 0.6) is 0 Å². The fourth-order valence-electron chi connectivity index (χ4n) is 5.77. The van der Waals surface area contributed by atoms with Crippen molar-refractivity contribution in [2.24, 2.45) is 5.41 Å². The first kappa shape index (κ1) is 17.1. The zero-order chi connectivity index (χ0) is 18.3. The van der Waals surface area contributed by atoms with Crippen LogP contribution >= 0.6 is 0 Å². The lowest BCUT2D eigenvalue weighted by molar-refractivity contribution is -0.111. The lowest BCUT2D eigenvalue weighted by Crippen LogP contribution is -2.62. The molecular weight excluding hydrogens is 336 g/mol. The van der Waals surface area contributed by atoms with Gasteiger partial charge in [-0.25, -0.2) is 0 Å². The number of amides is 1. The normalized spacial score (nSPS) is 25.6. The monoisotopic (exact) mass is 364 g/mol. The van der Waals surface area contributed by atoms with Crippen molar-refractivity contribution in [1.82, 2.24) is 9.80 Å². The Morgan fingerprint density at radius 2 is 1.74 bits per heavy atom. The molecular formula is C23H28N2O2. The van der Waals surface area contributed by atoms with Crippen LogP contribution in [0.25, 0.3) is 0 Å². The van der Waals surface area contributed by atoms with E-state index in [1.54, 1.807) is 18.4 Å². The van der Waals surface area contributed by atoms with E-state index in [1.807, 2.05) is 4.90 Å². The van der Waals surface area contributed by atoms with Crippen molar-refractivity contribution in [1.29, 1.82) is 0 Å². The molecule has 1 aliphatic carbocycles. The predicted molar refractivity (Wildman–Crippen MR) is 104 cm³/mol. The van der Waals surface area contributed by atoms with E-state index >= 15 is 0 Å². The molecule has 1 saturated carbocycles. The molecule has 2 aromatic rings. The summed E-state index contributed by atoms with van der Waals surface area (Å²) in [6.45, 7) is 2.90. The Hall–Kier alpha value is -2.07. The van der Waals surface area contributed by atoms with Crippen molar-refractivity contribution in [3.05, 3.63) is 60.1 Å². The van der Waals surface area contributed by atoms with Gasteiger partial charge in [0.05, 0.1) is 6.26 Å². The Kier molecular flexibility index (Phi) is 4.31. The van der Waals surface area contributed by atoms with E-state index in [0.717, 1.165) is 25.9 Å². The highest BCUT2D eigenvalue weighted by molar-refractivity contribution is 5.91. The Morgan fingerprint density at radius 3 is 2.41 bits per heavy atom. The van der Waals surface area contributed by atoms with Gasteiger partial charge in [0.1, 0.15) is 0 Å². The van der Waals surface area contributed by atoms with E-state index in [0.29, 0.717) is 23.3 Å². The van der Waals surface area contributed by atoms with Gasteiger partial charge in [-0.3, -0.25) is 9.69 Å². The van der Waals surface area contributed by atoms with E-state index in [1.165, 1.54) is 37.8 Å². The molecule has 27 heavy (non-hydrogen) atoms. The molecule has 0 N–H and O–H groups in total. The molecule has 3 aliphatic rings. The van der Waals surface area contributed by atoms with Gasteiger partial charge >= 0.3 is 0 Å². The van der Waals surface area contributed by atoms with Crippen LogP contribution in [0.1, 0.15) is 60.7 Å². The SMILES string of the molecule is O=C(c1ccco1)N1CCC(N2CC3(CCCC3)C2c2ccccc2)CC1. The second-order valence-corrected chi connectivity index (χ2v) is 8.56. The summed E-state index contributed by atoms with van der Waals surface area (Å²) in [6.07, 6.45) is 9.21. The highest BCUT2D eigenvalue weighted by Gasteiger charge is 2.55. The highest BCUT2D eigenvalue weighted by atomic mass is 16.3. The molecule has 2 saturated heterocycles. The first-order valence-corrected chi connectivity index (χ1v) is 10.4. The third kappa shape index (κ3) is 2.91. The molecule has 3 heterocycles. The number of carbonyl (C=O) groups excluding carboxylic acids is 1. The fraction of sp³-hybridized carbons (Fsp3) is 0.522. The molecule has 4 heteroatoms. The summed E-state index contributed by atoms with van der Waals surface area (Å²) >= 11 is 0. The second-order valence-electron chi connectivity index (χ2n) is 8.56. The average Bonchev–Trinajstić information content (AvgIpc) is 3.40. The Morgan fingerprint density at radius 1 is 1.00 bits per heavy atom. The van der Waals surface area contributed by atoms with Gasteiger partial charge in [0.25, 0.3) is 5.91 Å². The molecule has 0 bridgehead atoms. The third-order valence-electron chi connectivity index (χ3n) is 7.08. The Labute approximate surface area is 161 Å². The number of nitrogens with zero attached hydrogens (tertiary/aromatic N) is 2. The number of rotatable bonds is 3. The number of hydrogen-bond donors (Lipinski definition) is 0. The van der Waals surface area contributed by atoms with Crippen LogP contribution in [0.4, 0.5) is 0 Å². The molecule has 5 rings (SSSR count). The molecule has 1 atom stereocenters. The van der Waals surface area contributed by atoms with Crippen molar-refractivity contribution in [2.45, 2.75) is 50.6 Å². The number of likely N-dealkylation sites (tertiary alicyclic amines) is 2. The maximum Gasteiger partial charge on any atom is 0.289 e. The summed E-state index contributed by atoms with van der Waals surface area (Å²) in [4.78, 5) is 17.2. The van der Waals surface area contributed by atoms with Crippen LogP contribution in [0.3, 0.4) is 0 Å². The lowest BCUT2D eigenvalue weighted by atomic mass is 9.66. The summed E-state index contributed by atoms with van der Waals surface area (Å²) in [5, 5.41) is 0. The van der Waals surface area contributed by atoms with E-state index in [2.05, 4.69) is 35.2 Å². The zero-order valence-corrected chi connectivity index (χ0v) is 15.8. The van der Waals surface area contributed by atoms with Crippen molar-refractivity contribution in [2.75, 3.05) is 19.6 Å². The van der Waals surface area contributed by atoms with Crippen LogP contribution in [0, 0.1) is 5.41 Å². The van der Waals surface area contributed by atoms with Gasteiger partial charge in [0.15, 0.2) is 5.76 Å². The van der Waals surface area contributed by atoms with Crippen LogP contribution in [0.15, 0.2) is 53.1 Å². The molecule has 1 aromatic heterocycles. The van der Waals surface area contributed by atoms with Crippen molar-refractivity contribution < 1.29 is 9.21 Å². The van der Waals surface area contributed by atoms with Gasteiger partial charge in [-0.1, -0.05) is 43.2 Å². The van der Waals surface area contributed by atoms with E-state index in [4.69, 9.17) is 4.42 Å². The molecule has 1 aromatic carbocycles. The molecule has 0 radical (unpaired) electrons. The Balaban J connectivity index is 1.29. The number of hydrogen-bond acceptors (Lipinski definition) is 3. The smallest absolute Gasteiger partial charge is 0.289 e. The summed E-state index contributed by atoms with van der Waals surface area (Å²) in [5.41, 5.74) is 1.99. The summed E-state index contributed by atoms with van der Waals surface area (Å²) in [5.74, 6) is 0.499. The summed E-state index contributed by atoms with van der Waals surface area (Å²) in [7, 11) is 0. The van der Waals surface area contributed by atoms with Gasteiger partial charge in [-0.15, -0.1) is 0 Å². The third-order valence-corrected chi connectivity index (χ3v) is 7.08. The number of carbonyl (C=O) groups is 1. The molecule has 4 nitrogen and oxygen atoms in total. The highest BCUT2D eigenvalue weighted by Crippen LogP contribution is 2.59. The van der Waals surface area contributed by atoms with E-state index in [-0.39, 0.29) is 5.91 Å². The molecule has 3 fully saturated rings. The minimum Gasteiger partial charge on any atom is -0.459 e. The number of furan rings is 1. The standard InChI is InChI=1S/C23H28N2O2/c26-22(20-9-6-16-27-20)24-14-10-19(11-15-24)25-17-23(12-4-5-13-23)21(25)18-7-2-1-3-8-18/h1-3,6-9,16,19,21H,4-5,10-15,17H2. The molecule has 142 valence electrons. The predicted octanol–water partition coefficient (Wildman–Crippen LogP) is 4.50. The maximum atomic E-state index is 12.5. The number of benzene rings is 1. The van der Waals surface area contributed by atoms with Crippen LogP contribution in [0.2, 0.25) is 0 Å². The topological polar surface area (TPSA) is 36.7 Å². The van der Waals surface area contributed by atoms with Crippen molar-refractivity contribution >= 4 is 5.91 Å². The zero-order valence-electron chi connectivity index (χ0n) is 15.8. The van der Waals surface area contributed by atoms with Gasteiger partial charge in [0.2, 0.25) is 0 Å². The van der Waals surface area contributed by atoms with Gasteiger partial charge in [-0.2, -0.15) is 0 Å². The maximum absolute atomic E-state index is 12.5. The number of piperidine rings is 1. The Bertz CT molecular complexity index is 772. The van der Waals surface area contributed by atoms with Crippen LogP contribution in [-0.4, -0.2) is 41.4 Å². The van der Waals surface area contributed by atoms with Gasteiger partial charge in [-0.05, 0) is 43.4 Å². The molecule has 1 unspecified atom stereocenters. The van der Waals surface area contributed by atoms with Gasteiger partial charge in [0, 0.05) is 37.1 Å². The molecule has 1 spiro atoms. The quantitative estimate of drug-likeness (QED) is 0.804. The van der Waals surface area contributed by atoms with Crippen LogP contribution < -0.4 is 0 Å². The minimum absolute atomic E-state index is 0.0360. The largest absolute Gasteiger partial charge is 0.459 e. The lowest BCUT2D eigenvalue weighted by Gasteiger charge is -2.60. The van der Waals surface area contributed by atoms with Crippen LogP contribution in [-0.2, 0) is 0 Å².